The minimum Gasteiger partial charge on any atom is -0.349 e. The third kappa shape index (κ3) is 4.42. The van der Waals surface area contributed by atoms with E-state index < -0.39 is 11.3 Å². The number of pyridine rings is 1. The number of benzene rings is 1. The summed E-state index contributed by atoms with van der Waals surface area (Å²) in [6.45, 7) is 4.66. The second-order valence-electron chi connectivity index (χ2n) is 9.73. The molecule has 3 aromatic heterocycles. The Hall–Kier alpha value is -4.25. The molecule has 0 aliphatic carbocycles. The van der Waals surface area contributed by atoms with Crippen molar-refractivity contribution in [2.24, 2.45) is 0 Å². The number of carbonyl (C=O) groups excluding carboxylic acids is 2. The minimum absolute atomic E-state index is 0.114. The lowest BCUT2D eigenvalue weighted by atomic mass is 9.85. The van der Waals surface area contributed by atoms with Gasteiger partial charge in [0.1, 0.15) is 23.0 Å². The van der Waals surface area contributed by atoms with Crippen molar-refractivity contribution < 1.29 is 14.0 Å². The zero-order chi connectivity index (χ0) is 26.3. The van der Waals surface area contributed by atoms with E-state index in [0.717, 1.165) is 0 Å². The highest BCUT2D eigenvalue weighted by Crippen LogP contribution is 2.39. The molecule has 0 saturated carbocycles. The Morgan fingerprint density at radius 2 is 1.95 bits per heavy atom. The Morgan fingerprint density at radius 1 is 1.16 bits per heavy atom. The molecule has 1 aromatic carbocycles. The Kier molecular flexibility index (Phi) is 6.16. The maximum atomic E-state index is 14.4. The van der Waals surface area contributed by atoms with Gasteiger partial charge in [0.25, 0.3) is 5.91 Å². The highest BCUT2D eigenvalue weighted by Gasteiger charge is 2.44. The molecule has 0 saturated heterocycles. The van der Waals surface area contributed by atoms with Crippen LogP contribution in [0.2, 0.25) is 0 Å². The molecule has 1 aliphatic heterocycles. The third-order valence-corrected chi connectivity index (χ3v) is 6.39. The highest BCUT2D eigenvalue weighted by atomic mass is 19.1. The number of anilines is 1. The van der Waals surface area contributed by atoms with Crippen molar-refractivity contribution in [1.29, 1.82) is 0 Å². The van der Waals surface area contributed by atoms with Crippen LogP contribution in [0, 0.1) is 5.82 Å². The quantitative estimate of drug-likeness (QED) is 0.399. The second kappa shape index (κ2) is 9.32. The lowest BCUT2D eigenvalue weighted by Gasteiger charge is -2.18. The van der Waals surface area contributed by atoms with Crippen molar-refractivity contribution in [2.45, 2.75) is 25.8 Å². The number of aromatic nitrogens is 5. The smallest absolute Gasteiger partial charge is 0.270 e. The molecule has 37 heavy (non-hydrogen) atoms. The molecule has 0 fully saturated rings. The number of hydrogen-bond acceptors (Lipinski definition) is 7. The maximum Gasteiger partial charge on any atom is 0.270 e. The molecular weight excluding hydrogens is 475 g/mol. The number of hydrogen-bond donors (Lipinski definition) is 2. The Bertz CT molecular complexity index is 1530. The van der Waals surface area contributed by atoms with Gasteiger partial charge < -0.3 is 15.5 Å². The maximum absolute atomic E-state index is 14.4. The summed E-state index contributed by atoms with van der Waals surface area (Å²) in [6.07, 6.45) is 1.63. The van der Waals surface area contributed by atoms with Crippen molar-refractivity contribution in [3.63, 3.8) is 0 Å². The van der Waals surface area contributed by atoms with Gasteiger partial charge in [0.2, 0.25) is 5.91 Å². The van der Waals surface area contributed by atoms with Gasteiger partial charge in [-0.15, -0.1) is 0 Å². The summed E-state index contributed by atoms with van der Waals surface area (Å²) in [5.41, 5.74) is 0.916. The summed E-state index contributed by atoms with van der Waals surface area (Å²) < 4.78 is 16.0. The SMILES string of the molecule is CN(C)CCNC(=O)c1nc(-c2nn(Cc3ccccc3F)c3ncccc23)nc2c1C(C)(C)C(=O)N2. The van der Waals surface area contributed by atoms with Gasteiger partial charge in [-0.25, -0.2) is 24.0 Å². The zero-order valence-corrected chi connectivity index (χ0v) is 21.0. The van der Waals surface area contributed by atoms with Gasteiger partial charge >= 0.3 is 0 Å². The summed E-state index contributed by atoms with van der Waals surface area (Å²) in [5, 5.41) is 11.0. The minimum atomic E-state index is -0.990. The van der Waals surface area contributed by atoms with Crippen LogP contribution in [0.1, 0.15) is 35.5 Å². The number of nitrogens with zero attached hydrogens (tertiary/aromatic N) is 6. The molecule has 4 heterocycles. The summed E-state index contributed by atoms with van der Waals surface area (Å²) in [4.78, 5) is 41.6. The largest absolute Gasteiger partial charge is 0.349 e. The molecule has 4 aromatic rings. The van der Waals surface area contributed by atoms with Gasteiger partial charge in [-0.1, -0.05) is 18.2 Å². The molecule has 11 heteroatoms. The van der Waals surface area contributed by atoms with Crippen LogP contribution < -0.4 is 10.6 Å². The standard InChI is InChI=1S/C26H27FN8O2/c1-26(2)18-20(24(36)29-12-13-34(3)4)30-22(31-21(18)32-25(26)37)19-16-9-7-11-28-23(16)35(33-19)14-15-8-5-6-10-17(15)27/h5-11H,12-14H2,1-4H3,(H,29,36)(H,30,31,32,37). The molecule has 0 spiro atoms. The van der Waals surface area contributed by atoms with Crippen molar-refractivity contribution in [2.75, 3.05) is 32.5 Å². The molecule has 5 rings (SSSR count). The summed E-state index contributed by atoms with van der Waals surface area (Å²) in [7, 11) is 3.82. The van der Waals surface area contributed by atoms with Crippen LogP contribution in [0.4, 0.5) is 10.2 Å². The van der Waals surface area contributed by atoms with Gasteiger partial charge in [-0.05, 0) is 46.1 Å². The molecular formula is C26H27FN8O2. The molecule has 0 bridgehead atoms. The van der Waals surface area contributed by atoms with Gasteiger partial charge in [0.15, 0.2) is 11.5 Å². The van der Waals surface area contributed by atoms with E-state index in [0.29, 0.717) is 40.9 Å². The van der Waals surface area contributed by atoms with E-state index in [1.807, 2.05) is 25.1 Å². The van der Waals surface area contributed by atoms with E-state index in [-0.39, 0.29) is 35.6 Å². The normalized spacial score (nSPS) is 14.2. The first-order valence-electron chi connectivity index (χ1n) is 11.9. The van der Waals surface area contributed by atoms with Gasteiger partial charge in [0, 0.05) is 30.4 Å². The average molecular weight is 503 g/mol. The second-order valence-corrected chi connectivity index (χ2v) is 9.73. The summed E-state index contributed by atoms with van der Waals surface area (Å²) in [6, 6.07) is 10.0. The van der Waals surface area contributed by atoms with Crippen LogP contribution in [0.15, 0.2) is 42.6 Å². The third-order valence-electron chi connectivity index (χ3n) is 6.39. The first kappa shape index (κ1) is 24.4. The average Bonchev–Trinajstić information content (AvgIpc) is 3.33. The van der Waals surface area contributed by atoms with Crippen LogP contribution in [-0.2, 0) is 16.8 Å². The fourth-order valence-corrected chi connectivity index (χ4v) is 4.34. The van der Waals surface area contributed by atoms with Gasteiger partial charge in [-0.3, -0.25) is 9.59 Å². The fraction of sp³-hybridized carbons (Fsp3) is 0.308. The monoisotopic (exact) mass is 502 g/mol. The molecule has 2 amide bonds. The van der Waals surface area contributed by atoms with Crippen LogP contribution >= 0.6 is 0 Å². The first-order chi connectivity index (χ1) is 17.7. The number of amides is 2. The molecule has 2 N–H and O–H groups in total. The van der Waals surface area contributed by atoms with E-state index in [9.17, 15) is 14.0 Å². The lowest BCUT2D eigenvalue weighted by molar-refractivity contribution is -0.119. The van der Waals surface area contributed by atoms with Gasteiger partial charge in [0.05, 0.1) is 17.3 Å². The van der Waals surface area contributed by atoms with E-state index >= 15 is 0 Å². The van der Waals surface area contributed by atoms with Crippen molar-refractivity contribution in [3.8, 4) is 11.5 Å². The fourth-order valence-electron chi connectivity index (χ4n) is 4.34. The Morgan fingerprint density at radius 3 is 2.70 bits per heavy atom. The molecule has 190 valence electrons. The van der Waals surface area contributed by atoms with Gasteiger partial charge in [-0.2, -0.15) is 5.10 Å². The predicted molar refractivity (Wildman–Crippen MR) is 137 cm³/mol. The number of halogens is 1. The van der Waals surface area contributed by atoms with E-state index in [2.05, 4.69) is 30.7 Å². The molecule has 0 radical (unpaired) electrons. The first-order valence-corrected chi connectivity index (χ1v) is 11.9. The Labute approximate surface area is 212 Å². The lowest BCUT2D eigenvalue weighted by Crippen LogP contribution is -2.34. The van der Waals surface area contributed by atoms with Crippen molar-refractivity contribution >= 4 is 28.7 Å². The van der Waals surface area contributed by atoms with Crippen LogP contribution in [-0.4, -0.2) is 68.6 Å². The number of fused-ring (bicyclic) bond motifs is 2. The highest BCUT2D eigenvalue weighted by molar-refractivity contribution is 6.09. The van der Waals surface area contributed by atoms with Crippen molar-refractivity contribution in [1.82, 2.24) is 34.9 Å². The van der Waals surface area contributed by atoms with Crippen LogP contribution in [0.5, 0.6) is 0 Å². The topological polar surface area (TPSA) is 118 Å². The molecule has 1 aliphatic rings. The van der Waals surface area contributed by atoms with E-state index in [1.54, 1.807) is 49.0 Å². The van der Waals surface area contributed by atoms with E-state index in [4.69, 9.17) is 0 Å². The molecule has 10 nitrogen and oxygen atoms in total. The van der Waals surface area contributed by atoms with Crippen LogP contribution in [0.25, 0.3) is 22.6 Å². The van der Waals surface area contributed by atoms with Crippen LogP contribution in [0.3, 0.4) is 0 Å². The number of nitrogens with one attached hydrogen (secondary N) is 2. The number of likely N-dealkylation sites (N-methyl/N-ethyl adjacent to an activating group) is 1. The molecule has 0 atom stereocenters. The van der Waals surface area contributed by atoms with Crippen molar-refractivity contribution in [3.05, 3.63) is 65.2 Å². The zero-order valence-electron chi connectivity index (χ0n) is 21.0. The summed E-state index contributed by atoms with van der Waals surface area (Å²) in [5.74, 6) is -0.579. The summed E-state index contributed by atoms with van der Waals surface area (Å²) >= 11 is 0. The number of rotatable bonds is 7. The predicted octanol–water partition coefficient (Wildman–Crippen LogP) is 2.60. The molecule has 0 unspecified atom stereocenters. The Balaban J connectivity index is 1.63. The number of carbonyl (C=O) groups is 2. The van der Waals surface area contributed by atoms with E-state index in [1.165, 1.54) is 6.07 Å².